The predicted octanol–water partition coefficient (Wildman–Crippen LogP) is 4.13. The average molecular weight is 636 g/mol. The summed E-state index contributed by atoms with van der Waals surface area (Å²) in [5, 5.41) is 11.0. The third kappa shape index (κ3) is 7.08. The second-order valence-electron chi connectivity index (χ2n) is 11.5. The highest BCUT2D eigenvalue weighted by molar-refractivity contribution is 7.91. The molecule has 3 heterocycles. The van der Waals surface area contributed by atoms with E-state index in [2.05, 4.69) is 15.5 Å². The van der Waals surface area contributed by atoms with Gasteiger partial charge < -0.3 is 29.0 Å². The molecule has 0 radical (unpaired) electrons. The van der Waals surface area contributed by atoms with Gasteiger partial charge >= 0.3 is 12.1 Å². The predicted molar refractivity (Wildman–Crippen MR) is 155 cm³/mol. The number of rotatable bonds is 5. The van der Waals surface area contributed by atoms with Gasteiger partial charge in [0.05, 0.1) is 36.0 Å². The lowest BCUT2D eigenvalue weighted by Crippen LogP contribution is -2.51. The maximum Gasteiger partial charge on any atom is 0.408 e. The van der Waals surface area contributed by atoms with Gasteiger partial charge in [-0.05, 0) is 63.6 Å². The first-order valence-electron chi connectivity index (χ1n) is 13.4. The Balaban J connectivity index is 1.53. The molecule has 0 spiro atoms. The van der Waals surface area contributed by atoms with E-state index in [4.69, 9.17) is 25.5 Å². The van der Waals surface area contributed by atoms with E-state index in [0.29, 0.717) is 22.7 Å². The number of nitrogens with one attached hydrogen (secondary N) is 1. The van der Waals surface area contributed by atoms with Gasteiger partial charge in [-0.25, -0.2) is 17.6 Å². The number of anilines is 2. The Kier molecular flexibility index (Phi) is 8.13. The number of aromatic nitrogens is 2. The van der Waals surface area contributed by atoms with E-state index in [-0.39, 0.29) is 42.2 Å². The zero-order valence-corrected chi connectivity index (χ0v) is 25.5. The van der Waals surface area contributed by atoms with Crippen molar-refractivity contribution in [3.05, 3.63) is 53.1 Å². The second-order valence-corrected chi connectivity index (χ2v) is 13.9. The monoisotopic (exact) mass is 635 g/mol. The van der Waals surface area contributed by atoms with E-state index < -0.39 is 45.1 Å². The summed E-state index contributed by atoms with van der Waals surface area (Å²) in [7, 11) is -4.09. The van der Waals surface area contributed by atoms with Crippen LogP contribution in [0.3, 0.4) is 0 Å². The van der Waals surface area contributed by atoms with Crippen molar-refractivity contribution >= 4 is 45.1 Å². The van der Waals surface area contributed by atoms with E-state index >= 15 is 0 Å². The largest absolute Gasteiger partial charge is 0.444 e. The third-order valence-corrected chi connectivity index (χ3v) is 8.69. The molecule has 1 aromatic heterocycles. The highest BCUT2D eigenvalue weighted by atomic mass is 35.5. The van der Waals surface area contributed by atoms with E-state index in [1.165, 1.54) is 30.0 Å². The number of benzene rings is 2. The van der Waals surface area contributed by atoms with Gasteiger partial charge in [0.1, 0.15) is 11.6 Å². The number of morpholine rings is 1. The van der Waals surface area contributed by atoms with E-state index in [9.17, 15) is 22.4 Å². The molecule has 12 nitrogen and oxygen atoms in total. The van der Waals surface area contributed by atoms with Crippen LogP contribution in [0, 0.1) is 0 Å². The molecule has 0 unspecified atom stereocenters. The molecule has 1 fully saturated rings. The summed E-state index contributed by atoms with van der Waals surface area (Å²) in [6, 6.07) is 9.66. The van der Waals surface area contributed by atoms with Crippen LogP contribution in [0.4, 0.5) is 20.9 Å². The summed E-state index contributed by atoms with van der Waals surface area (Å²) in [6.07, 6.45) is -0.926. The number of ether oxygens (including phenoxy) is 2. The fourth-order valence-corrected chi connectivity index (χ4v) is 6.49. The van der Waals surface area contributed by atoms with Crippen LogP contribution in [0.1, 0.15) is 33.3 Å². The number of alkyl halides is 1. The molecule has 0 saturated carbocycles. The summed E-state index contributed by atoms with van der Waals surface area (Å²) < 4.78 is 57.8. The van der Waals surface area contributed by atoms with Gasteiger partial charge in [-0.15, -0.1) is 5.10 Å². The number of hydrogen-bond donors (Lipinski definition) is 1. The summed E-state index contributed by atoms with van der Waals surface area (Å²) in [6.45, 7) is 6.57. The van der Waals surface area contributed by atoms with Crippen LogP contribution in [-0.4, -0.2) is 73.6 Å². The lowest BCUT2D eigenvalue weighted by molar-refractivity contribution is -0.137. The standard InChI is InChI=1S/C28H31ClFN5O7S/c1-27(2,3)42-26(37)31-20-15-43(38,39)22-10-7-18(23-32-33-25(41-23)34-11-12-40-28(4,30)16-34)13-21(22)35(24(20)36)14-17-5-8-19(29)9-6-17/h5-10,13,20H,11-12,14-16H2,1-4H3,(H,31,37)/t20-,28-/m0/s1. The normalized spacial score (nSPS) is 22.1. The van der Waals surface area contributed by atoms with Crippen molar-refractivity contribution in [2.75, 3.05) is 35.2 Å². The third-order valence-electron chi connectivity index (χ3n) is 6.65. The molecule has 1 N–H and O–H groups in total. The van der Waals surface area contributed by atoms with Gasteiger partial charge in [-0.2, -0.15) is 0 Å². The number of carbonyl (C=O) groups excluding carboxylic acids is 2. The fourth-order valence-electron chi connectivity index (χ4n) is 4.76. The fraction of sp³-hybridized carbons (Fsp3) is 0.429. The van der Waals surface area contributed by atoms with Crippen LogP contribution in [0.25, 0.3) is 11.5 Å². The zero-order valence-electron chi connectivity index (χ0n) is 24.0. The SMILES string of the molecule is CC(C)(C)OC(=O)N[C@H]1CS(=O)(=O)c2ccc(-c3nnc(N4CCO[C@](C)(F)C4)o3)cc2N(Cc2ccc(Cl)cc2)C1=O. The van der Waals surface area contributed by atoms with Gasteiger partial charge in [0.15, 0.2) is 9.84 Å². The Bertz CT molecular complexity index is 1640. The maximum absolute atomic E-state index is 14.4. The number of alkyl carbamates (subject to hydrolysis) is 1. The maximum atomic E-state index is 14.4. The number of fused-ring (bicyclic) bond motifs is 1. The number of nitrogens with zero attached hydrogens (tertiary/aromatic N) is 4. The first kappa shape index (κ1) is 30.7. The van der Waals surface area contributed by atoms with E-state index in [1.54, 1.807) is 49.9 Å². The van der Waals surface area contributed by atoms with Crippen LogP contribution in [0.15, 0.2) is 51.8 Å². The number of sulfone groups is 1. The zero-order chi connectivity index (χ0) is 31.2. The average Bonchev–Trinajstić information content (AvgIpc) is 3.38. The van der Waals surface area contributed by atoms with Crippen LogP contribution in [0.5, 0.6) is 0 Å². The minimum absolute atomic E-state index is 0.0353. The molecule has 15 heteroatoms. The van der Waals surface area contributed by atoms with E-state index in [1.807, 2.05) is 0 Å². The van der Waals surface area contributed by atoms with Gasteiger partial charge in [0, 0.05) is 17.1 Å². The minimum Gasteiger partial charge on any atom is -0.444 e. The van der Waals surface area contributed by atoms with Crippen molar-refractivity contribution in [3.63, 3.8) is 0 Å². The smallest absolute Gasteiger partial charge is 0.408 e. The first-order chi connectivity index (χ1) is 20.1. The molecule has 2 aliphatic heterocycles. The molecule has 2 atom stereocenters. The summed E-state index contributed by atoms with van der Waals surface area (Å²) >= 11 is 6.05. The molecule has 3 aromatic rings. The van der Waals surface area contributed by atoms with Crippen LogP contribution < -0.4 is 15.1 Å². The number of hydrogen-bond acceptors (Lipinski definition) is 10. The Morgan fingerprint density at radius 1 is 1.21 bits per heavy atom. The lowest BCUT2D eigenvalue weighted by atomic mass is 10.1. The molecule has 2 aliphatic rings. The molecule has 2 aromatic carbocycles. The Hall–Kier alpha value is -3.75. The van der Waals surface area contributed by atoms with Gasteiger partial charge in [0.2, 0.25) is 11.7 Å². The Labute approximate surface area is 253 Å². The lowest BCUT2D eigenvalue weighted by Gasteiger charge is -2.33. The van der Waals surface area contributed by atoms with Gasteiger partial charge in [-0.1, -0.05) is 28.8 Å². The van der Waals surface area contributed by atoms with E-state index in [0.717, 1.165) is 0 Å². The van der Waals surface area contributed by atoms with Crippen molar-refractivity contribution in [3.8, 4) is 11.5 Å². The molecule has 0 bridgehead atoms. The Morgan fingerprint density at radius 3 is 2.60 bits per heavy atom. The van der Waals surface area contributed by atoms with Gasteiger partial charge in [0.25, 0.3) is 5.91 Å². The second kappa shape index (κ2) is 11.4. The molecule has 5 rings (SSSR count). The van der Waals surface area contributed by atoms with Crippen molar-refractivity contribution in [2.45, 2.75) is 56.6 Å². The number of amides is 2. The molecular weight excluding hydrogens is 605 g/mol. The molecular formula is C28H31ClFN5O7S. The van der Waals surface area contributed by atoms with Gasteiger partial charge in [-0.3, -0.25) is 4.79 Å². The highest BCUT2D eigenvalue weighted by Crippen LogP contribution is 2.36. The van der Waals surface area contributed by atoms with Crippen LogP contribution >= 0.6 is 11.6 Å². The van der Waals surface area contributed by atoms with Crippen LogP contribution in [0.2, 0.25) is 5.02 Å². The summed E-state index contributed by atoms with van der Waals surface area (Å²) in [5.41, 5.74) is 0.181. The molecule has 2 amide bonds. The number of halogens is 2. The molecule has 230 valence electrons. The minimum atomic E-state index is -4.09. The topological polar surface area (TPSA) is 144 Å². The van der Waals surface area contributed by atoms with Crippen molar-refractivity contribution < 1.29 is 36.3 Å². The molecule has 1 saturated heterocycles. The molecule has 0 aliphatic carbocycles. The van der Waals surface area contributed by atoms with Crippen molar-refractivity contribution in [1.29, 1.82) is 0 Å². The van der Waals surface area contributed by atoms with Crippen molar-refractivity contribution in [2.24, 2.45) is 0 Å². The van der Waals surface area contributed by atoms with Crippen LogP contribution in [-0.2, 0) is 30.7 Å². The quantitative estimate of drug-likeness (QED) is 0.435. The van der Waals surface area contributed by atoms with Crippen molar-refractivity contribution in [1.82, 2.24) is 15.5 Å². The Morgan fingerprint density at radius 2 is 1.93 bits per heavy atom. The molecule has 43 heavy (non-hydrogen) atoms. The highest BCUT2D eigenvalue weighted by Gasteiger charge is 2.40. The first-order valence-corrected chi connectivity index (χ1v) is 15.5. The summed E-state index contributed by atoms with van der Waals surface area (Å²) in [5.74, 6) is -3.20. The number of carbonyl (C=O) groups is 2. The summed E-state index contributed by atoms with van der Waals surface area (Å²) in [4.78, 5) is 29.3.